The molecule has 1 aliphatic rings. The first-order valence-electron chi connectivity index (χ1n) is 4.61. The van der Waals surface area contributed by atoms with E-state index < -0.39 is 0 Å². The highest BCUT2D eigenvalue weighted by Crippen LogP contribution is 2.14. The summed E-state index contributed by atoms with van der Waals surface area (Å²) in [6, 6.07) is 3.90. The van der Waals surface area contributed by atoms with E-state index >= 15 is 0 Å². The van der Waals surface area contributed by atoms with E-state index in [1.165, 1.54) is 0 Å². The zero-order valence-corrected chi connectivity index (χ0v) is 6.79. The van der Waals surface area contributed by atoms with Crippen LogP contribution in [-0.4, -0.2) is 24.7 Å². The topological polar surface area (TPSA) is 34.2 Å². The van der Waals surface area contributed by atoms with Gasteiger partial charge in [-0.2, -0.15) is 0 Å². The molecule has 1 saturated heterocycles. The van der Waals surface area contributed by atoms with E-state index in [1.54, 1.807) is 18.3 Å². The van der Waals surface area contributed by atoms with Gasteiger partial charge in [0.1, 0.15) is 6.10 Å². The quantitative estimate of drug-likeness (QED) is 0.666. The van der Waals surface area contributed by atoms with Crippen LogP contribution in [0.5, 0.6) is 0 Å². The molecule has 0 amide bonds. The van der Waals surface area contributed by atoms with Gasteiger partial charge in [0.2, 0.25) is 0 Å². The Labute approximate surface area is 73.2 Å². The zero-order chi connectivity index (χ0) is 9.10. The predicted octanol–water partition coefficient (Wildman–Crippen LogP) is 0.742. The van der Waals surface area contributed by atoms with Gasteiger partial charge < -0.3 is 10.1 Å². The summed E-state index contributed by atoms with van der Waals surface area (Å²) in [6.45, 7) is 2.40. The van der Waals surface area contributed by atoms with Crippen LogP contribution in [0, 0.1) is 0 Å². The van der Waals surface area contributed by atoms with E-state index in [9.17, 15) is 0 Å². The summed E-state index contributed by atoms with van der Waals surface area (Å²) in [4.78, 5) is 4.18. The fourth-order valence-electron chi connectivity index (χ4n) is 1.27. The lowest BCUT2D eigenvalue weighted by Crippen LogP contribution is -2.33. The largest absolute Gasteiger partial charge is 0.369 e. The molecular formula is C9H12N2O. The maximum atomic E-state index is 7.44. The summed E-state index contributed by atoms with van der Waals surface area (Å²) >= 11 is 0. The van der Waals surface area contributed by atoms with Crippen LogP contribution < -0.4 is 5.32 Å². The van der Waals surface area contributed by atoms with E-state index in [4.69, 9.17) is 6.11 Å². The standard InChI is InChI=1S/C9H12N2O/c1-2-4-11-8(3-1)9-7-10-5-6-12-9/h1-4,9-10H,5-7H2/t9-/m0/s1/i1D. The number of pyridine rings is 1. The van der Waals surface area contributed by atoms with E-state index in [0.29, 0.717) is 12.6 Å². The van der Waals surface area contributed by atoms with Gasteiger partial charge in [-0.25, -0.2) is 0 Å². The Morgan fingerprint density at radius 1 is 1.75 bits per heavy atom. The highest BCUT2D eigenvalue weighted by Gasteiger charge is 2.15. The smallest absolute Gasteiger partial charge is 0.112 e. The number of hydrogen-bond acceptors (Lipinski definition) is 3. The molecule has 1 fully saturated rings. The van der Waals surface area contributed by atoms with E-state index in [-0.39, 0.29) is 6.10 Å². The Kier molecular flexibility index (Phi) is 2.00. The maximum absolute atomic E-state index is 7.44. The molecule has 0 spiro atoms. The van der Waals surface area contributed by atoms with Gasteiger partial charge in [-0.3, -0.25) is 4.98 Å². The van der Waals surface area contributed by atoms with Crippen molar-refractivity contribution in [1.82, 2.24) is 10.3 Å². The molecule has 1 aliphatic heterocycles. The zero-order valence-electron chi connectivity index (χ0n) is 7.79. The molecule has 12 heavy (non-hydrogen) atoms. The van der Waals surface area contributed by atoms with Crippen LogP contribution in [0.4, 0.5) is 0 Å². The molecule has 0 bridgehead atoms. The first kappa shape index (κ1) is 6.57. The number of hydrogen-bond donors (Lipinski definition) is 1. The second-order valence-corrected chi connectivity index (χ2v) is 2.74. The lowest BCUT2D eigenvalue weighted by molar-refractivity contribution is 0.0250. The van der Waals surface area contributed by atoms with Gasteiger partial charge in [0, 0.05) is 19.3 Å². The third-order valence-corrected chi connectivity index (χ3v) is 1.88. The second kappa shape index (κ2) is 3.65. The van der Waals surface area contributed by atoms with Crippen LogP contribution in [0.3, 0.4) is 0 Å². The van der Waals surface area contributed by atoms with Gasteiger partial charge in [-0.15, -0.1) is 0 Å². The first-order valence-corrected chi connectivity index (χ1v) is 4.11. The maximum Gasteiger partial charge on any atom is 0.112 e. The Hall–Kier alpha value is -0.930. The molecule has 1 atom stereocenters. The van der Waals surface area contributed by atoms with Crippen molar-refractivity contribution in [2.75, 3.05) is 19.7 Å². The number of rotatable bonds is 1. The van der Waals surface area contributed by atoms with E-state index in [0.717, 1.165) is 18.8 Å². The Bertz CT molecular complexity index is 287. The molecule has 1 aromatic heterocycles. The highest BCUT2D eigenvalue weighted by molar-refractivity contribution is 5.07. The lowest BCUT2D eigenvalue weighted by atomic mass is 10.2. The molecule has 2 rings (SSSR count). The van der Waals surface area contributed by atoms with E-state index in [2.05, 4.69) is 10.3 Å². The fraction of sp³-hybridized carbons (Fsp3) is 0.444. The molecule has 2 heterocycles. The number of nitrogens with one attached hydrogen (secondary N) is 1. The molecule has 1 aromatic rings. The molecular weight excluding hydrogens is 152 g/mol. The van der Waals surface area contributed by atoms with Gasteiger partial charge in [0.25, 0.3) is 0 Å². The predicted molar refractivity (Wildman–Crippen MR) is 45.8 cm³/mol. The van der Waals surface area contributed by atoms with Crippen LogP contribution in [0.25, 0.3) is 0 Å². The number of nitrogens with zero attached hydrogens (tertiary/aromatic N) is 1. The van der Waals surface area contributed by atoms with Crippen LogP contribution in [-0.2, 0) is 4.74 Å². The third-order valence-electron chi connectivity index (χ3n) is 1.88. The minimum absolute atomic E-state index is 0.0130. The van der Waals surface area contributed by atoms with Crippen molar-refractivity contribution < 1.29 is 6.11 Å². The van der Waals surface area contributed by atoms with Crippen LogP contribution in [0.15, 0.2) is 24.4 Å². The van der Waals surface area contributed by atoms with Crippen LogP contribution in [0.2, 0.25) is 0 Å². The van der Waals surface area contributed by atoms with Crippen molar-refractivity contribution in [1.29, 1.82) is 0 Å². The highest BCUT2D eigenvalue weighted by atomic mass is 16.5. The SMILES string of the molecule is [2H]c1ccnc([C@@H]2CNCCO2)c1. The summed E-state index contributed by atoms with van der Waals surface area (Å²) in [6.07, 6.45) is 1.66. The van der Waals surface area contributed by atoms with Crippen molar-refractivity contribution in [3.63, 3.8) is 0 Å². The monoisotopic (exact) mass is 165 g/mol. The second-order valence-electron chi connectivity index (χ2n) is 2.74. The first-order chi connectivity index (χ1) is 6.36. The molecule has 3 heteroatoms. The Balaban J connectivity index is 2.14. The minimum Gasteiger partial charge on any atom is -0.369 e. The summed E-state index contributed by atoms with van der Waals surface area (Å²) in [5.41, 5.74) is 0.847. The number of aromatic nitrogens is 1. The van der Waals surface area contributed by atoms with Crippen molar-refractivity contribution in [2.24, 2.45) is 0 Å². The van der Waals surface area contributed by atoms with Gasteiger partial charge in [0.15, 0.2) is 0 Å². The number of ether oxygens (including phenoxy) is 1. The van der Waals surface area contributed by atoms with Crippen LogP contribution in [0.1, 0.15) is 13.2 Å². The van der Waals surface area contributed by atoms with Crippen molar-refractivity contribution in [3.05, 3.63) is 30.1 Å². The van der Waals surface area contributed by atoms with Crippen molar-refractivity contribution in [3.8, 4) is 0 Å². The molecule has 0 radical (unpaired) electrons. The molecule has 0 aromatic carbocycles. The van der Waals surface area contributed by atoms with Gasteiger partial charge >= 0.3 is 0 Å². The average Bonchev–Trinajstić information content (AvgIpc) is 2.19. The van der Waals surface area contributed by atoms with Gasteiger partial charge in [0.05, 0.1) is 13.7 Å². The van der Waals surface area contributed by atoms with Gasteiger partial charge in [-0.1, -0.05) is 6.04 Å². The summed E-state index contributed by atoms with van der Waals surface area (Å²) < 4.78 is 12.9. The minimum atomic E-state index is 0.0130. The molecule has 0 unspecified atom stereocenters. The third kappa shape index (κ3) is 1.62. The summed E-state index contributed by atoms with van der Waals surface area (Å²) in [5, 5.41) is 3.23. The molecule has 0 aliphatic carbocycles. The van der Waals surface area contributed by atoms with Crippen molar-refractivity contribution >= 4 is 0 Å². The van der Waals surface area contributed by atoms with Gasteiger partial charge in [-0.05, 0) is 12.1 Å². The Morgan fingerprint density at radius 2 is 2.75 bits per heavy atom. The number of morpholine rings is 1. The summed E-state index contributed by atoms with van der Waals surface area (Å²) in [7, 11) is 0. The fourth-order valence-corrected chi connectivity index (χ4v) is 1.27. The Morgan fingerprint density at radius 3 is 3.50 bits per heavy atom. The van der Waals surface area contributed by atoms with E-state index in [1.807, 2.05) is 0 Å². The van der Waals surface area contributed by atoms with Crippen LogP contribution >= 0.6 is 0 Å². The molecule has 0 saturated carbocycles. The average molecular weight is 165 g/mol. The summed E-state index contributed by atoms with van der Waals surface area (Å²) in [5.74, 6) is 0. The molecule has 1 N–H and O–H groups in total. The van der Waals surface area contributed by atoms with Crippen molar-refractivity contribution in [2.45, 2.75) is 6.10 Å². The molecule has 64 valence electrons. The molecule has 3 nitrogen and oxygen atoms in total. The normalized spacial score (nSPS) is 25.0. The lowest BCUT2D eigenvalue weighted by Gasteiger charge is -2.22.